The third-order valence-electron chi connectivity index (χ3n) is 2.82. The molecule has 0 aromatic heterocycles. The molecule has 0 amide bonds. The number of nitrogens with one attached hydrogen (secondary N) is 1. The zero-order valence-corrected chi connectivity index (χ0v) is 10.3. The smallest absolute Gasteiger partial charge is 0.0402 e. The van der Waals surface area contributed by atoms with Crippen molar-refractivity contribution >= 4 is 5.69 Å². The highest BCUT2D eigenvalue weighted by Gasteiger charge is 2.02. The summed E-state index contributed by atoms with van der Waals surface area (Å²) in [6, 6.07) is 6.54. The molecule has 1 rings (SSSR count). The van der Waals surface area contributed by atoms with Crippen LogP contribution in [-0.4, -0.2) is 6.54 Å². The minimum atomic E-state index is 1.10. The van der Waals surface area contributed by atoms with Crippen molar-refractivity contribution in [3.63, 3.8) is 0 Å². The normalized spacial score (nSPS) is 10.3. The Labute approximate surface area is 93.9 Å². The van der Waals surface area contributed by atoms with E-state index in [1.165, 1.54) is 36.1 Å². The SMILES string of the molecule is CCCCCNc1c(C)cccc1CC. The van der Waals surface area contributed by atoms with E-state index in [2.05, 4.69) is 44.3 Å². The van der Waals surface area contributed by atoms with E-state index in [4.69, 9.17) is 0 Å². The van der Waals surface area contributed by atoms with Crippen LogP contribution < -0.4 is 5.32 Å². The van der Waals surface area contributed by atoms with Crippen molar-refractivity contribution in [1.82, 2.24) is 0 Å². The van der Waals surface area contributed by atoms with Gasteiger partial charge in [-0.1, -0.05) is 44.9 Å². The highest BCUT2D eigenvalue weighted by molar-refractivity contribution is 5.57. The fourth-order valence-corrected chi connectivity index (χ4v) is 1.86. The number of aryl methyl sites for hydroxylation is 2. The van der Waals surface area contributed by atoms with Gasteiger partial charge < -0.3 is 5.32 Å². The van der Waals surface area contributed by atoms with E-state index >= 15 is 0 Å². The van der Waals surface area contributed by atoms with E-state index in [0.717, 1.165) is 13.0 Å². The van der Waals surface area contributed by atoms with Gasteiger partial charge in [-0.05, 0) is 30.9 Å². The number of hydrogen-bond donors (Lipinski definition) is 1. The van der Waals surface area contributed by atoms with Crippen LogP contribution in [0.1, 0.15) is 44.2 Å². The molecule has 0 heterocycles. The monoisotopic (exact) mass is 205 g/mol. The van der Waals surface area contributed by atoms with Gasteiger partial charge in [0, 0.05) is 12.2 Å². The highest BCUT2D eigenvalue weighted by atomic mass is 14.9. The van der Waals surface area contributed by atoms with Crippen LogP contribution in [0.5, 0.6) is 0 Å². The number of benzene rings is 1. The molecule has 0 aliphatic rings. The van der Waals surface area contributed by atoms with Crippen LogP contribution >= 0.6 is 0 Å². The lowest BCUT2D eigenvalue weighted by atomic mass is 10.1. The van der Waals surface area contributed by atoms with E-state index in [1.807, 2.05) is 0 Å². The molecule has 0 atom stereocenters. The Bertz CT molecular complexity index is 291. The van der Waals surface area contributed by atoms with Crippen LogP contribution in [0.3, 0.4) is 0 Å². The second-order valence-corrected chi connectivity index (χ2v) is 4.10. The summed E-state index contributed by atoms with van der Waals surface area (Å²) >= 11 is 0. The molecule has 0 bridgehead atoms. The molecule has 0 radical (unpaired) electrons. The van der Waals surface area contributed by atoms with Crippen LogP contribution in [0.4, 0.5) is 5.69 Å². The lowest BCUT2D eigenvalue weighted by Gasteiger charge is -2.13. The van der Waals surface area contributed by atoms with Gasteiger partial charge in [0.1, 0.15) is 0 Å². The fraction of sp³-hybridized carbons (Fsp3) is 0.571. The summed E-state index contributed by atoms with van der Waals surface area (Å²) in [7, 11) is 0. The first-order valence-electron chi connectivity index (χ1n) is 6.12. The molecule has 84 valence electrons. The van der Waals surface area contributed by atoms with Gasteiger partial charge in [-0.25, -0.2) is 0 Å². The van der Waals surface area contributed by atoms with Crippen LogP contribution in [0.15, 0.2) is 18.2 Å². The topological polar surface area (TPSA) is 12.0 Å². The largest absolute Gasteiger partial charge is 0.385 e. The molecular formula is C14H23N. The van der Waals surface area contributed by atoms with Gasteiger partial charge in [-0.3, -0.25) is 0 Å². The van der Waals surface area contributed by atoms with Crippen LogP contribution in [0, 0.1) is 6.92 Å². The Morgan fingerprint density at radius 3 is 2.60 bits per heavy atom. The summed E-state index contributed by atoms with van der Waals surface area (Å²) in [4.78, 5) is 0. The Balaban J connectivity index is 2.58. The second kappa shape index (κ2) is 6.49. The van der Waals surface area contributed by atoms with Crippen molar-refractivity contribution in [3.8, 4) is 0 Å². The molecule has 1 N–H and O–H groups in total. The standard InChI is InChI=1S/C14H23N/c1-4-6-7-11-15-14-12(3)9-8-10-13(14)5-2/h8-10,15H,4-7,11H2,1-3H3. The van der Waals surface area contributed by atoms with Crippen molar-refractivity contribution in [2.45, 2.75) is 46.5 Å². The Morgan fingerprint density at radius 1 is 1.13 bits per heavy atom. The molecular weight excluding hydrogens is 182 g/mol. The molecule has 1 aromatic carbocycles. The van der Waals surface area contributed by atoms with Crippen molar-refractivity contribution in [3.05, 3.63) is 29.3 Å². The minimum Gasteiger partial charge on any atom is -0.385 e. The van der Waals surface area contributed by atoms with E-state index in [1.54, 1.807) is 0 Å². The molecule has 15 heavy (non-hydrogen) atoms. The number of unbranched alkanes of at least 4 members (excludes halogenated alkanes) is 2. The fourth-order valence-electron chi connectivity index (χ4n) is 1.86. The van der Waals surface area contributed by atoms with Crippen LogP contribution in [0.25, 0.3) is 0 Å². The van der Waals surface area contributed by atoms with Gasteiger partial charge in [0.05, 0.1) is 0 Å². The van der Waals surface area contributed by atoms with Gasteiger partial charge in [0.15, 0.2) is 0 Å². The maximum atomic E-state index is 3.57. The maximum Gasteiger partial charge on any atom is 0.0402 e. The third kappa shape index (κ3) is 3.58. The van der Waals surface area contributed by atoms with Gasteiger partial charge in [-0.15, -0.1) is 0 Å². The lowest BCUT2D eigenvalue weighted by molar-refractivity contribution is 0.743. The van der Waals surface area contributed by atoms with Crippen molar-refractivity contribution in [2.75, 3.05) is 11.9 Å². The summed E-state index contributed by atoms with van der Waals surface area (Å²) < 4.78 is 0. The summed E-state index contributed by atoms with van der Waals surface area (Å²) in [5.41, 5.74) is 4.16. The number of rotatable bonds is 6. The summed E-state index contributed by atoms with van der Waals surface area (Å²) in [6.45, 7) is 7.74. The summed E-state index contributed by atoms with van der Waals surface area (Å²) in [5.74, 6) is 0. The molecule has 0 aliphatic heterocycles. The third-order valence-corrected chi connectivity index (χ3v) is 2.82. The van der Waals surface area contributed by atoms with Crippen molar-refractivity contribution < 1.29 is 0 Å². The molecule has 0 unspecified atom stereocenters. The van der Waals surface area contributed by atoms with Gasteiger partial charge in [0.2, 0.25) is 0 Å². The van der Waals surface area contributed by atoms with E-state index < -0.39 is 0 Å². The Morgan fingerprint density at radius 2 is 1.93 bits per heavy atom. The quantitative estimate of drug-likeness (QED) is 0.688. The molecule has 0 saturated heterocycles. The first-order valence-corrected chi connectivity index (χ1v) is 6.12. The van der Waals surface area contributed by atoms with Gasteiger partial charge in [-0.2, -0.15) is 0 Å². The molecule has 1 nitrogen and oxygen atoms in total. The highest BCUT2D eigenvalue weighted by Crippen LogP contribution is 2.20. The Kier molecular flexibility index (Phi) is 5.23. The number of para-hydroxylation sites is 1. The molecule has 0 fully saturated rings. The van der Waals surface area contributed by atoms with Crippen LogP contribution in [-0.2, 0) is 6.42 Å². The lowest BCUT2D eigenvalue weighted by Crippen LogP contribution is -2.05. The summed E-state index contributed by atoms with van der Waals surface area (Å²) in [6.07, 6.45) is 4.99. The molecule has 1 aromatic rings. The Hall–Kier alpha value is -0.980. The summed E-state index contributed by atoms with van der Waals surface area (Å²) in [5, 5.41) is 3.57. The zero-order valence-electron chi connectivity index (χ0n) is 10.3. The molecule has 1 heteroatoms. The number of hydrogen-bond acceptors (Lipinski definition) is 1. The second-order valence-electron chi connectivity index (χ2n) is 4.10. The first-order chi connectivity index (χ1) is 7.29. The van der Waals surface area contributed by atoms with E-state index in [9.17, 15) is 0 Å². The number of anilines is 1. The minimum absolute atomic E-state index is 1.10. The molecule has 0 aliphatic carbocycles. The zero-order chi connectivity index (χ0) is 11.1. The van der Waals surface area contributed by atoms with Crippen LogP contribution in [0.2, 0.25) is 0 Å². The van der Waals surface area contributed by atoms with Gasteiger partial charge in [0.25, 0.3) is 0 Å². The van der Waals surface area contributed by atoms with Crippen molar-refractivity contribution in [1.29, 1.82) is 0 Å². The van der Waals surface area contributed by atoms with Gasteiger partial charge >= 0.3 is 0 Å². The maximum absolute atomic E-state index is 3.57. The molecule has 0 spiro atoms. The average Bonchev–Trinajstić information content (AvgIpc) is 2.26. The molecule has 0 saturated carbocycles. The van der Waals surface area contributed by atoms with E-state index in [-0.39, 0.29) is 0 Å². The predicted molar refractivity (Wildman–Crippen MR) is 68.6 cm³/mol. The predicted octanol–water partition coefficient (Wildman–Crippen LogP) is 4.16. The van der Waals surface area contributed by atoms with E-state index in [0.29, 0.717) is 0 Å². The first kappa shape index (κ1) is 12.1. The van der Waals surface area contributed by atoms with Crippen molar-refractivity contribution in [2.24, 2.45) is 0 Å². The average molecular weight is 205 g/mol.